The normalized spacial score (nSPS) is 18.8. The maximum absolute atomic E-state index is 13.1. The number of hydrogen-bond donors (Lipinski definition) is 2. The smallest absolute Gasteiger partial charge is 0.409 e. The Balaban J connectivity index is 1.24. The Morgan fingerprint density at radius 1 is 0.894 bits per heavy atom. The van der Waals surface area contributed by atoms with E-state index in [0.717, 1.165) is 45.1 Å². The van der Waals surface area contributed by atoms with Crippen LogP contribution in [0.25, 0.3) is 11.1 Å². The van der Waals surface area contributed by atoms with E-state index in [1.807, 2.05) is 6.07 Å². The average molecular weight is 649 g/mol. The van der Waals surface area contributed by atoms with Gasteiger partial charge in [-0.2, -0.15) is 0 Å². The minimum Gasteiger partial charge on any atom is -0.447 e. The zero-order valence-electron chi connectivity index (χ0n) is 27.3. The molecule has 0 radical (unpaired) electrons. The van der Waals surface area contributed by atoms with Gasteiger partial charge in [0.05, 0.1) is 44.5 Å². The van der Waals surface area contributed by atoms with Crippen molar-refractivity contribution in [3.8, 4) is 11.1 Å². The van der Waals surface area contributed by atoms with E-state index >= 15 is 0 Å². The van der Waals surface area contributed by atoms with Crippen molar-refractivity contribution in [2.45, 2.75) is 50.5 Å². The van der Waals surface area contributed by atoms with E-state index in [0.29, 0.717) is 19.7 Å². The maximum atomic E-state index is 13.1. The van der Waals surface area contributed by atoms with Gasteiger partial charge >= 0.3 is 6.09 Å². The van der Waals surface area contributed by atoms with E-state index in [1.165, 1.54) is 27.8 Å². The van der Waals surface area contributed by atoms with Gasteiger partial charge in [-0.3, -0.25) is 10.4 Å². The maximum Gasteiger partial charge on any atom is 0.409 e. The molecule has 1 heterocycles. The van der Waals surface area contributed by atoms with Crippen LogP contribution in [0, 0.1) is 5.41 Å². The van der Waals surface area contributed by atoms with Crippen molar-refractivity contribution in [3.63, 3.8) is 0 Å². The Morgan fingerprint density at radius 2 is 1.64 bits per heavy atom. The first kappa shape index (κ1) is 35.0. The minimum atomic E-state index is -0.391. The van der Waals surface area contributed by atoms with Crippen molar-refractivity contribution < 1.29 is 39.0 Å². The molecule has 2 fully saturated rings. The number of methoxy groups -OCH3 is 1. The SMILES string of the molecule is COCCCc1ccccc1CC1(COC2CN(C(=O)OCCOCCON(O)O)CC[C@@H]2c2cccc(-c3ccccc3)c2)CC1. The zero-order chi connectivity index (χ0) is 32.9. The number of hydrogen-bond acceptors (Lipinski definition) is 9. The molecule has 1 saturated carbocycles. The Morgan fingerprint density at radius 3 is 2.40 bits per heavy atom. The molecule has 1 saturated heterocycles. The van der Waals surface area contributed by atoms with Crippen LogP contribution in [-0.4, -0.2) is 92.7 Å². The molecule has 47 heavy (non-hydrogen) atoms. The summed E-state index contributed by atoms with van der Waals surface area (Å²) in [6.07, 6.45) is 5.45. The van der Waals surface area contributed by atoms with Gasteiger partial charge in [0, 0.05) is 26.2 Å². The molecule has 2 aliphatic rings. The summed E-state index contributed by atoms with van der Waals surface area (Å²) in [5, 5.41) is 16.8. The van der Waals surface area contributed by atoms with Crippen molar-refractivity contribution in [3.05, 3.63) is 95.6 Å². The number of amides is 1. The van der Waals surface area contributed by atoms with E-state index in [2.05, 4.69) is 77.6 Å². The lowest BCUT2D eigenvalue weighted by Gasteiger charge is -2.39. The quantitative estimate of drug-likeness (QED) is 0.121. The molecule has 1 unspecified atom stereocenters. The number of nitrogens with zero attached hydrogens (tertiary/aromatic N) is 2. The number of carbonyl (C=O) groups is 1. The van der Waals surface area contributed by atoms with Crippen LogP contribution >= 0.6 is 0 Å². The molecule has 0 bridgehead atoms. The average Bonchev–Trinajstić information content (AvgIpc) is 3.87. The van der Waals surface area contributed by atoms with Gasteiger partial charge in [-0.05, 0) is 71.8 Å². The second-order valence-electron chi connectivity index (χ2n) is 12.5. The van der Waals surface area contributed by atoms with Crippen LogP contribution in [0.15, 0.2) is 78.9 Å². The second-order valence-corrected chi connectivity index (χ2v) is 12.5. The highest BCUT2D eigenvalue weighted by Gasteiger charge is 2.45. The summed E-state index contributed by atoms with van der Waals surface area (Å²) in [4.78, 5) is 19.3. The van der Waals surface area contributed by atoms with Gasteiger partial charge in [0.25, 0.3) is 0 Å². The van der Waals surface area contributed by atoms with Gasteiger partial charge < -0.3 is 23.8 Å². The molecule has 10 heteroatoms. The summed E-state index contributed by atoms with van der Waals surface area (Å²) >= 11 is 0. The molecule has 1 amide bonds. The predicted octanol–water partition coefficient (Wildman–Crippen LogP) is 6.30. The third-order valence-electron chi connectivity index (χ3n) is 9.17. The molecule has 0 aromatic heterocycles. The molecule has 3 aromatic rings. The fraction of sp³-hybridized carbons (Fsp3) is 0.486. The van der Waals surface area contributed by atoms with E-state index in [4.69, 9.17) is 29.4 Å². The number of aryl methyl sites for hydroxylation is 1. The first-order chi connectivity index (χ1) is 23.0. The van der Waals surface area contributed by atoms with Crippen molar-refractivity contribution >= 4 is 6.09 Å². The lowest BCUT2D eigenvalue weighted by atomic mass is 9.85. The molecule has 3 aromatic carbocycles. The first-order valence-electron chi connectivity index (χ1n) is 16.6. The summed E-state index contributed by atoms with van der Waals surface area (Å²) in [7, 11) is 1.75. The van der Waals surface area contributed by atoms with Crippen molar-refractivity contribution in [2.24, 2.45) is 5.41 Å². The van der Waals surface area contributed by atoms with Crippen LogP contribution in [0.3, 0.4) is 0 Å². The molecule has 1 aliphatic carbocycles. The second kappa shape index (κ2) is 17.7. The number of ether oxygens (including phenoxy) is 4. The van der Waals surface area contributed by atoms with Gasteiger partial charge in [0.2, 0.25) is 0 Å². The van der Waals surface area contributed by atoms with E-state index in [1.54, 1.807) is 12.0 Å². The van der Waals surface area contributed by atoms with Gasteiger partial charge in [0.1, 0.15) is 6.61 Å². The fourth-order valence-corrected chi connectivity index (χ4v) is 6.39. The summed E-state index contributed by atoms with van der Waals surface area (Å²) in [5.74, 6) is 0.140. The highest BCUT2D eigenvalue weighted by molar-refractivity contribution is 5.68. The molecule has 2 N–H and O–H groups in total. The van der Waals surface area contributed by atoms with E-state index in [9.17, 15) is 4.79 Å². The minimum absolute atomic E-state index is 0.0418. The van der Waals surface area contributed by atoms with Crippen LogP contribution in [0.5, 0.6) is 0 Å². The first-order valence-corrected chi connectivity index (χ1v) is 16.6. The van der Waals surface area contributed by atoms with Gasteiger partial charge in [0.15, 0.2) is 0 Å². The van der Waals surface area contributed by atoms with Crippen LogP contribution in [-0.2, 0) is 36.6 Å². The van der Waals surface area contributed by atoms with Gasteiger partial charge in [-0.15, -0.1) is 0 Å². The molecule has 254 valence electrons. The highest BCUT2D eigenvalue weighted by atomic mass is 17.1. The Labute approximate surface area is 277 Å². The number of piperidine rings is 1. The van der Waals surface area contributed by atoms with Crippen LogP contribution in [0.4, 0.5) is 4.79 Å². The number of likely N-dealkylation sites (tertiary alicyclic amines) is 1. The number of benzene rings is 3. The molecule has 2 atom stereocenters. The Hall–Kier alpha value is -3.35. The predicted molar refractivity (Wildman–Crippen MR) is 176 cm³/mol. The summed E-state index contributed by atoms with van der Waals surface area (Å²) in [5.41, 5.74) is 6.46. The van der Waals surface area contributed by atoms with Crippen LogP contribution < -0.4 is 0 Å². The molecule has 5 rings (SSSR count). The Kier molecular flexibility index (Phi) is 13.2. The molecular weight excluding hydrogens is 600 g/mol. The topological polar surface area (TPSA) is 110 Å². The van der Waals surface area contributed by atoms with Gasteiger partial charge in [-0.25, -0.2) is 9.63 Å². The zero-order valence-corrected chi connectivity index (χ0v) is 27.3. The van der Waals surface area contributed by atoms with E-state index in [-0.39, 0.29) is 49.3 Å². The molecule has 0 spiro atoms. The molecule has 10 nitrogen and oxygen atoms in total. The largest absolute Gasteiger partial charge is 0.447 e. The standard InChI is InChI=1S/C37H48N2O8/c1-43-20-8-15-30-11-5-6-12-33(30)26-37(17-18-37)28-46-35-27-38(36(40)45-23-21-44-22-24-47-39(41)42)19-16-34(35)32-14-7-13-31(25-32)29-9-3-2-4-10-29/h2-7,9-14,25,34-35,41-42H,8,15-24,26-28H2,1H3/t34-,35?/m1/s1. The lowest BCUT2D eigenvalue weighted by Crippen LogP contribution is -2.47. The third kappa shape index (κ3) is 10.6. The van der Waals surface area contributed by atoms with Gasteiger partial charge in [-0.1, -0.05) is 78.9 Å². The summed E-state index contributed by atoms with van der Waals surface area (Å²) < 4.78 is 23.0. The van der Waals surface area contributed by atoms with Crippen LogP contribution in [0.1, 0.15) is 48.3 Å². The monoisotopic (exact) mass is 648 g/mol. The van der Waals surface area contributed by atoms with Crippen LogP contribution in [0.2, 0.25) is 0 Å². The van der Waals surface area contributed by atoms with E-state index < -0.39 is 6.09 Å². The highest BCUT2D eigenvalue weighted by Crippen LogP contribution is 2.50. The van der Waals surface area contributed by atoms with Crippen molar-refractivity contribution in [1.29, 1.82) is 0 Å². The number of rotatable bonds is 18. The van der Waals surface area contributed by atoms with Crippen molar-refractivity contribution in [1.82, 2.24) is 10.3 Å². The summed E-state index contributed by atoms with van der Waals surface area (Å²) in [6.45, 7) is 2.75. The molecular formula is C37H48N2O8. The fourth-order valence-electron chi connectivity index (χ4n) is 6.39. The Bertz CT molecular complexity index is 1380. The number of carbonyl (C=O) groups excluding carboxylic acids is 1. The third-order valence-corrected chi connectivity index (χ3v) is 9.17. The lowest BCUT2D eigenvalue weighted by molar-refractivity contribution is -0.493. The van der Waals surface area contributed by atoms with Crippen molar-refractivity contribution in [2.75, 3.05) is 59.8 Å². The summed E-state index contributed by atoms with van der Waals surface area (Å²) in [6, 6.07) is 27.8. The molecule has 1 aliphatic heterocycles.